The van der Waals surface area contributed by atoms with E-state index in [-0.39, 0.29) is 17.8 Å². The SMILES string of the molecule is CCCC(NC(=O)NCc1ccc(F)cc1)C(=O)N1CCCC1. The molecule has 0 aromatic heterocycles. The fourth-order valence-electron chi connectivity index (χ4n) is 2.70. The topological polar surface area (TPSA) is 61.4 Å². The maximum atomic E-state index is 12.8. The molecule has 1 unspecified atom stereocenters. The van der Waals surface area contributed by atoms with Crippen LogP contribution < -0.4 is 10.6 Å². The second kappa shape index (κ2) is 8.50. The minimum atomic E-state index is -0.480. The molecule has 1 heterocycles. The predicted octanol–water partition coefficient (Wildman–Crippen LogP) is 2.42. The molecular formula is C17H24FN3O2. The number of likely N-dealkylation sites (tertiary alicyclic amines) is 1. The summed E-state index contributed by atoms with van der Waals surface area (Å²) >= 11 is 0. The molecule has 1 aliphatic rings. The van der Waals surface area contributed by atoms with Crippen molar-refractivity contribution in [3.05, 3.63) is 35.6 Å². The summed E-state index contributed by atoms with van der Waals surface area (Å²) in [6.07, 6.45) is 3.50. The first-order chi connectivity index (χ1) is 11.1. The molecule has 126 valence electrons. The van der Waals surface area contributed by atoms with Crippen LogP contribution in [0.2, 0.25) is 0 Å². The zero-order valence-corrected chi connectivity index (χ0v) is 13.5. The molecule has 5 nitrogen and oxygen atoms in total. The average molecular weight is 321 g/mol. The lowest BCUT2D eigenvalue weighted by Crippen LogP contribution is -2.50. The Morgan fingerprint density at radius 2 is 1.87 bits per heavy atom. The summed E-state index contributed by atoms with van der Waals surface area (Å²) in [5.74, 6) is -0.307. The van der Waals surface area contributed by atoms with Gasteiger partial charge in [0.1, 0.15) is 11.9 Å². The molecule has 1 aromatic rings. The third kappa shape index (κ3) is 5.23. The second-order valence-electron chi connectivity index (χ2n) is 5.83. The van der Waals surface area contributed by atoms with Crippen LogP contribution in [0.25, 0.3) is 0 Å². The number of carbonyl (C=O) groups is 2. The van der Waals surface area contributed by atoms with Crippen molar-refractivity contribution in [2.45, 2.75) is 45.2 Å². The molecule has 0 spiro atoms. The predicted molar refractivity (Wildman–Crippen MR) is 86.3 cm³/mol. The zero-order valence-electron chi connectivity index (χ0n) is 13.5. The number of halogens is 1. The fraction of sp³-hybridized carbons (Fsp3) is 0.529. The second-order valence-corrected chi connectivity index (χ2v) is 5.83. The van der Waals surface area contributed by atoms with Gasteiger partial charge in [-0.1, -0.05) is 25.5 Å². The summed E-state index contributed by atoms with van der Waals surface area (Å²) in [5.41, 5.74) is 0.805. The molecule has 1 aromatic carbocycles. The number of benzene rings is 1. The number of rotatable bonds is 6. The van der Waals surface area contributed by atoms with Crippen molar-refractivity contribution < 1.29 is 14.0 Å². The van der Waals surface area contributed by atoms with Gasteiger partial charge in [-0.25, -0.2) is 9.18 Å². The lowest BCUT2D eigenvalue weighted by atomic mass is 10.1. The van der Waals surface area contributed by atoms with Crippen LogP contribution in [0.15, 0.2) is 24.3 Å². The number of hydrogen-bond donors (Lipinski definition) is 2. The molecule has 0 saturated carbocycles. The number of urea groups is 1. The summed E-state index contributed by atoms with van der Waals surface area (Å²) in [7, 11) is 0. The Morgan fingerprint density at radius 1 is 1.22 bits per heavy atom. The first-order valence-corrected chi connectivity index (χ1v) is 8.17. The summed E-state index contributed by atoms with van der Waals surface area (Å²) in [4.78, 5) is 26.3. The molecule has 2 N–H and O–H groups in total. The smallest absolute Gasteiger partial charge is 0.315 e. The van der Waals surface area contributed by atoms with Crippen molar-refractivity contribution in [3.8, 4) is 0 Å². The van der Waals surface area contributed by atoms with Gasteiger partial charge in [-0.2, -0.15) is 0 Å². The van der Waals surface area contributed by atoms with E-state index in [4.69, 9.17) is 0 Å². The lowest BCUT2D eigenvalue weighted by Gasteiger charge is -2.23. The van der Waals surface area contributed by atoms with Crippen LogP contribution in [-0.4, -0.2) is 36.0 Å². The Balaban J connectivity index is 1.84. The Morgan fingerprint density at radius 3 is 2.48 bits per heavy atom. The van der Waals surface area contributed by atoms with Crippen LogP contribution >= 0.6 is 0 Å². The number of amides is 3. The van der Waals surface area contributed by atoms with Gasteiger partial charge in [0.25, 0.3) is 0 Å². The van der Waals surface area contributed by atoms with E-state index in [9.17, 15) is 14.0 Å². The highest BCUT2D eigenvalue weighted by atomic mass is 19.1. The van der Waals surface area contributed by atoms with Crippen molar-refractivity contribution in [3.63, 3.8) is 0 Å². The van der Waals surface area contributed by atoms with Gasteiger partial charge in [0, 0.05) is 19.6 Å². The highest BCUT2D eigenvalue weighted by molar-refractivity contribution is 5.87. The van der Waals surface area contributed by atoms with E-state index in [1.807, 2.05) is 11.8 Å². The van der Waals surface area contributed by atoms with Gasteiger partial charge in [0.15, 0.2) is 0 Å². The van der Waals surface area contributed by atoms with Crippen LogP contribution in [0.4, 0.5) is 9.18 Å². The minimum absolute atomic E-state index is 0.00119. The van der Waals surface area contributed by atoms with Crippen LogP contribution in [0, 0.1) is 5.82 Å². The van der Waals surface area contributed by atoms with Crippen LogP contribution in [0.3, 0.4) is 0 Å². The molecular weight excluding hydrogens is 297 g/mol. The van der Waals surface area contributed by atoms with Gasteiger partial charge in [0.2, 0.25) is 5.91 Å². The molecule has 0 bridgehead atoms. The fourth-order valence-corrected chi connectivity index (χ4v) is 2.70. The third-order valence-electron chi connectivity index (χ3n) is 3.96. The van der Waals surface area contributed by atoms with Gasteiger partial charge in [-0.3, -0.25) is 4.79 Å². The van der Waals surface area contributed by atoms with E-state index in [2.05, 4.69) is 10.6 Å². The van der Waals surface area contributed by atoms with Crippen molar-refractivity contribution >= 4 is 11.9 Å². The van der Waals surface area contributed by atoms with Crippen molar-refractivity contribution in [1.82, 2.24) is 15.5 Å². The Labute approximate surface area is 136 Å². The monoisotopic (exact) mass is 321 g/mol. The molecule has 0 aliphatic carbocycles. The Hall–Kier alpha value is -2.11. The summed E-state index contributed by atoms with van der Waals surface area (Å²) in [6, 6.07) is 5.09. The molecule has 3 amide bonds. The maximum Gasteiger partial charge on any atom is 0.315 e. The number of nitrogens with one attached hydrogen (secondary N) is 2. The van der Waals surface area contributed by atoms with E-state index in [0.717, 1.165) is 37.9 Å². The molecule has 1 aliphatic heterocycles. The van der Waals surface area contributed by atoms with Crippen LogP contribution in [0.1, 0.15) is 38.2 Å². The third-order valence-corrected chi connectivity index (χ3v) is 3.96. The van der Waals surface area contributed by atoms with Crippen molar-refractivity contribution in [1.29, 1.82) is 0 Å². The standard InChI is InChI=1S/C17H24FN3O2/c1-2-5-15(16(22)21-10-3-4-11-21)20-17(23)19-12-13-6-8-14(18)9-7-13/h6-9,15H,2-5,10-12H2,1H3,(H2,19,20,23). The van der Waals surface area contributed by atoms with Gasteiger partial charge < -0.3 is 15.5 Å². The molecule has 1 atom stereocenters. The van der Waals surface area contributed by atoms with Crippen LogP contribution in [0.5, 0.6) is 0 Å². The Bertz CT molecular complexity index is 527. The highest BCUT2D eigenvalue weighted by Crippen LogP contribution is 2.11. The molecule has 2 rings (SSSR count). The van der Waals surface area contributed by atoms with E-state index in [1.165, 1.54) is 12.1 Å². The molecule has 0 radical (unpaired) electrons. The van der Waals surface area contributed by atoms with Gasteiger partial charge in [-0.15, -0.1) is 0 Å². The first-order valence-electron chi connectivity index (χ1n) is 8.17. The summed E-state index contributed by atoms with van der Waals surface area (Å²) in [5, 5.41) is 5.47. The summed E-state index contributed by atoms with van der Waals surface area (Å²) < 4.78 is 12.8. The molecule has 6 heteroatoms. The minimum Gasteiger partial charge on any atom is -0.341 e. The van der Waals surface area contributed by atoms with E-state index < -0.39 is 6.04 Å². The van der Waals surface area contributed by atoms with Crippen molar-refractivity contribution in [2.75, 3.05) is 13.1 Å². The molecule has 1 saturated heterocycles. The van der Waals surface area contributed by atoms with E-state index in [0.29, 0.717) is 13.0 Å². The number of carbonyl (C=O) groups excluding carboxylic acids is 2. The maximum absolute atomic E-state index is 12.8. The van der Waals surface area contributed by atoms with Crippen LogP contribution in [-0.2, 0) is 11.3 Å². The summed E-state index contributed by atoms with van der Waals surface area (Å²) in [6.45, 7) is 3.83. The average Bonchev–Trinajstić information content (AvgIpc) is 3.07. The largest absolute Gasteiger partial charge is 0.341 e. The lowest BCUT2D eigenvalue weighted by molar-refractivity contribution is -0.132. The van der Waals surface area contributed by atoms with Crippen molar-refractivity contribution in [2.24, 2.45) is 0 Å². The zero-order chi connectivity index (χ0) is 16.7. The number of hydrogen-bond acceptors (Lipinski definition) is 2. The van der Waals surface area contributed by atoms with Gasteiger partial charge in [-0.05, 0) is 37.0 Å². The van der Waals surface area contributed by atoms with E-state index >= 15 is 0 Å². The first kappa shape index (κ1) is 17.2. The highest BCUT2D eigenvalue weighted by Gasteiger charge is 2.26. The number of nitrogens with zero attached hydrogens (tertiary/aromatic N) is 1. The van der Waals surface area contributed by atoms with Gasteiger partial charge >= 0.3 is 6.03 Å². The molecule has 23 heavy (non-hydrogen) atoms. The normalized spacial score (nSPS) is 15.3. The van der Waals surface area contributed by atoms with E-state index in [1.54, 1.807) is 12.1 Å². The quantitative estimate of drug-likeness (QED) is 0.845. The molecule has 1 fully saturated rings. The Kier molecular flexibility index (Phi) is 6.38. The van der Waals surface area contributed by atoms with Gasteiger partial charge in [0.05, 0.1) is 0 Å².